The van der Waals surface area contributed by atoms with Crippen LogP contribution in [-0.2, 0) is 22.5 Å². The Morgan fingerprint density at radius 2 is 1.71 bits per heavy atom. The van der Waals surface area contributed by atoms with E-state index >= 15 is 0 Å². The van der Waals surface area contributed by atoms with Gasteiger partial charge < -0.3 is 10.4 Å². The summed E-state index contributed by atoms with van der Waals surface area (Å²) in [6, 6.07) is 24.0. The number of amidine groups is 1. The Hall–Kier alpha value is -3.21. The van der Waals surface area contributed by atoms with Crippen molar-refractivity contribution in [1.29, 1.82) is 0 Å². The van der Waals surface area contributed by atoms with Gasteiger partial charge >= 0.3 is 0 Å². The first-order chi connectivity index (χ1) is 16.5. The summed E-state index contributed by atoms with van der Waals surface area (Å²) in [6.45, 7) is 0. The lowest BCUT2D eigenvalue weighted by molar-refractivity contribution is -0.308. The van der Waals surface area contributed by atoms with E-state index in [0.29, 0.717) is 18.0 Å². The molecule has 0 unspecified atom stereocenters. The lowest BCUT2D eigenvalue weighted by Gasteiger charge is -2.31. The molecule has 2 aliphatic heterocycles. The number of nitrogens with one attached hydrogen (secondary N) is 1. The fraction of sp³-hybridized carbons (Fsp3) is 0.154. The number of aliphatic imine (C=N–C) groups is 1. The summed E-state index contributed by atoms with van der Waals surface area (Å²) < 4.78 is 1.07. The number of hydrogen-bond acceptors (Lipinski definition) is 6. The highest BCUT2D eigenvalue weighted by Gasteiger charge is 2.52. The lowest BCUT2D eigenvalue weighted by Crippen LogP contribution is -2.50. The molecule has 0 aliphatic carbocycles. The van der Waals surface area contributed by atoms with Crippen molar-refractivity contribution in [3.05, 3.63) is 105 Å². The molecule has 2 atom stereocenters. The third kappa shape index (κ3) is 4.31. The minimum atomic E-state index is -1.76. The molecule has 0 saturated heterocycles. The first-order valence-electron chi connectivity index (χ1n) is 10.8. The van der Waals surface area contributed by atoms with Crippen LogP contribution in [0.25, 0.3) is 5.70 Å². The summed E-state index contributed by atoms with van der Waals surface area (Å²) in [5.74, 6) is 0.182. The van der Waals surface area contributed by atoms with Crippen LogP contribution >= 0.6 is 22.6 Å². The second-order valence-corrected chi connectivity index (χ2v) is 9.55. The maximum Gasteiger partial charge on any atom is 0.290 e. The molecule has 3 N–H and O–H groups in total. The van der Waals surface area contributed by atoms with E-state index in [1.54, 1.807) is 30.5 Å². The number of carbonyl (C=O) groups excluding carboxylic acids is 1. The average molecular weight is 567 g/mol. The zero-order valence-electron chi connectivity index (χ0n) is 18.1. The van der Waals surface area contributed by atoms with Gasteiger partial charge in [-0.3, -0.25) is 9.69 Å². The highest BCUT2D eigenvalue weighted by atomic mass is 127. The molecule has 0 bridgehead atoms. The van der Waals surface area contributed by atoms with Gasteiger partial charge in [0.15, 0.2) is 0 Å². The highest BCUT2D eigenvalue weighted by molar-refractivity contribution is 14.1. The van der Waals surface area contributed by atoms with Crippen LogP contribution in [0.4, 0.5) is 0 Å². The number of hydrogen-bond donors (Lipinski definition) is 3. The molecule has 1 amide bonds. The fourth-order valence-corrected chi connectivity index (χ4v) is 4.60. The van der Waals surface area contributed by atoms with Crippen molar-refractivity contribution in [3.8, 4) is 5.75 Å². The number of phenolic OH excluding ortho intramolecular Hbond substituents is 1. The van der Waals surface area contributed by atoms with E-state index in [-0.39, 0.29) is 18.2 Å². The topological polar surface area (TPSA) is 94.4 Å². The van der Waals surface area contributed by atoms with Gasteiger partial charge in [0.2, 0.25) is 0 Å². The van der Waals surface area contributed by atoms with Gasteiger partial charge in [0, 0.05) is 16.2 Å². The fourth-order valence-electron chi connectivity index (χ4n) is 4.24. The molecule has 0 spiro atoms. The Kier molecular flexibility index (Phi) is 6.11. The van der Waals surface area contributed by atoms with Crippen LogP contribution in [0.1, 0.15) is 16.7 Å². The minimum Gasteiger partial charge on any atom is -0.508 e. The molecular weight excluding hydrogens is 545 g/mol. The summed E-state index contributed by atoms with van der Waals surface area (Å²) in [7, 11) is 0. The molecule has 5 rings (SSSR count). The largest absolute Gasteiger partial charge is 0.508 e. The monoisotopic (exact) mass is 567 g/mol. The number of rotatable bonds is 6. The molecule has 3 aromatic rings. The van der Waals surface area contributed by atoms with E-state index in [4.69, 9.17) is 4.89 Å². The van der Waals surface area contributed by atoms with Crippen LogP contribution in [-0.4, -0.2) is 38.8 Å². The Bertz CT molecular complexity index is 1260. The summed E-state index contributed by atoms with van der Waals surface area (Å²) in [5, 5.41) is 23.1. The number of fused-ring (bicyclic) bond motifs is 1. The Morgan fingerprint density at radius 1 is 1.00 bits per heavy atom. The zero-order chi connectivity index (χ0) is 23.7. The van der Waals surface area contributed by atoms with Gasteiger partial charge in [0.05, 0.1) is 11.7 Å². The quantitative estimate of drug-likeness (QED) is 0.236. The second kappa shape index (κ2) is 9.21. The van der Waals surface area contributed by atoms with E-state index in [9.17, 15) is 15.2 Å². The molecule has 0 aromatic heterocycles. The molecule has 0 saturated carbocycles. The molecule has 0 fully saturated rings. The van der Waals surface area contributed by atoms with Crippen molar-refractivity contribution in [2.24, 2.45) is 4.99 Å². The molecule has 2 heterocycles. The van der Waals surface area contributed by atoms with Crippen LogP contribution in [0.3, 0.4) is 0 Å². The van der Waals surface area contributed by atoms with Gasteiger partial charge in [-0.1, -0.05) is 42.5 Å². The Morgan fingerprint density at radius 3 is 2.38 bits per heavy atom. The van der Waals surface area contributed by atoms with E-state index in [2.05, 4.69) is 32.9 Å². The summed E-state index contributed by atoms with van der Waals surface area (Å²) in [6.07, 6.45) is 2.34. The third-order valence-corrected chi connectivity index (χ3v) is 6.68. The SMILES string of the molecule is O=C1N2C=C(c3ccc(O)cc3)N[C@H](Cc3ccccc3)C2=N[C@@]1(Cc1ccc(I)cc1)OO. The molecule has 172 valence electrons. The lowest BCUT2D eigenvalue weighted by atomic mass is 10.0. The van der Waals surface area contributed by atoms with Crippen LogP contribution in [0.15, 0.2) is 90.1 Å². The van der Waals surface area contributed by atoms with Crippen molar-refractivity contribution in [2.45, 2.75) is 24.6 Å². The van der Waals surface area contributed by atoms with E-state index in [1.165, 1.54) is 4.90 Å². The van der Waals surface area contributed by atoms with Gasteiger partial charge in [-0.2, -0.15) is 4.89 Å². The van der Waals surface area contributed by atoms with Crippen LogP contribution in [0.2, 0.25) is 0 Å². The summed E-state index contributed by atoms with van der Waals surface area (Å²) >= 11 is 2.21. The van der Waals surface area contributed by atoms with Gasteiger partial charge in [-0.15, -0.1) is 0 Å². The van der Waals surface area contributed by atoms with E-state index in [1.807, 2.05) is 54.6 Å². The predicted molar refractivity (Wildman–Crippen MR) is 137 cm³/mol. The van der Waals surface area contributed by atoms with Crippen molar-refractivity contribution < 1.29 is 20.0 Å². The number of nitrogens with zero attached hydrogens (tertiary/aromatic N) is 2. The van der Waals surface area contributed by atoms with Gasteiger partial charge in [0.1, 0.15) is 11.6 Å². The van der Waals surface area contributed by atoms with Crippen LogP contribution in [0.5, 0.6) is 5.75 Å². The normalized spacial score (nSPS) is 21.5. The minimum absolute atomic E-state index is 0.0969. The number of phenols is 1. The standard InChI is InChI=1S/C26H22IN3O4/c27-20-10-6-18(7-11-20)15-26(34-33)25(32)30-16-23(19-8-12-21(31)13-9-19)28-22(24(30)29-26)14-17-4-2-1-3-5-17/h1-13,16,22,28,31,33H,14-15H2/t22-,26+/m1/s1. The van der Waals surface area contributed by atoms with E-state index in [0.717, 1.165) is 20.3 Å². The van der Waals surface area contributed by atoms with Crippen LogP contribution in [0, 0.1) is 3.57 Å². The van der Waals surface area contributed by atoms with Crippen molar-refractivity contribution in [3.63, 3.8) is 0 Å². The van der Waals surface area contributed by atoms with E-state index < -0.39 is 11.6 Å². The first kappa shape index (κ1) is 22.6. The highest BCUT2D eigenvalue weighted by Crippen LogP contribution is 2.34. The van der Waals surface area contributed by atoms with Crippen molar-refractivity contribution >= 4 is 40.0 Å². The second-order valence-electron chi connectivity index (χ2n) is 8.30. The Balaban J connectivity index is 1.55. The molecular formula is C26H22IN3O4. The third-order valence-electron chi connectivity index (χ3n) is 5.96. The van der Waals surface area contributed by atoms with Crippen molar-refractivity contribution in [1.82, 2.24) is 10.2 Å². The number of aromatic hydroxyl groups is 1. The maximum atomic E-state index is 13.6. The summed E-state index contributed by atoms with van der Waals surface area (Å²) in [4.78, 5) is 24.5. The number of carbonyl (C=O) groups is 1. The molecule has 2 aliphatic rings. The molecule has 34 heavy (non-hydrogen) atoms. The molecule has 7 nitrogen and oxygen atoms in total. The Labute approximate surface area is 210 Å². The number of amides is 1. The molecule has 8 heteroatoms. The summed E-state index contributed by atoms with van der Waals surface area (Å²) in [5.41, 5.74) is 1.64. The van der Waals surface area contributed by atoms with Gasteiger partial charge in [-0.05, 0) is 82.1 Å². The number of halogens is 1. The van der Waals surface area contributed by atoms with Crippen molar-refractivity contribution in [2.75, 3.05) is 0 Å². The van der Waals surface area contributed by atoms with Gasteiger partial charge in [0.25, 0.3) is 11.6 Å². The molecule has 0 radical (unpaired) electrons. The average Bonchev–Trinajstić information content (AvgIpc) is 3.14. The zero-order valence-corrected chi connectivity index (χ0v) is 20.2. The predicted octanol–water partition coefficient (Wildman–Crippen LogP) is 4.18. The van der Waals surface area contributed by atoms with Crippen LogP contribution < -0.4 is 5.32 Å². The smallest absolute Gasteiger partial charge is 0.290 e. The number of benzene rings is 3. The van der Waals surface area contributed by atoms with Gasteiger partial charge in [-0.25, -0.2) is 10.2 Å². The maximum absolute atomic E-state index is 13.6. The first-order valence-corrected chi connectivity index (χ1v) is 11.9. The molecule has 3 aromatic carbocycles.